The van der Waals surface area contributed by atoms with Gasteiger partial charge in [-0.15, -0.1) is 0 Å². The maximum absolute atomic E-state index is 4.61. The first-order valence-electron chi connectivity index (χ1n) is 1.22. The summed E-state index contributed by atoms with van der Waals surface area (Å²) in [5, 5.41) is 6.01. The Morgan fingerprint density at radius 3 is 1.25 bits per heavy atom. The molecule has 0 aromatic rings. The third-order valence-electron chi connectivity index (χ3n) is 0.165. The van der Waals surface area contributed by atoms with Crippen LogP contribution in [0.25, 0.3) is 0 Å². The fourth-order valence-corrected chi connectivity index (χ4v) is 0.0577. The molecule has 2 nitrogen and oxygen atoms in total. The second-order valence-electron chi connectivity index (χ2n) is 0.458. The average Bonchev–Trinajstić information content (AvgIpc) is 1.61. The van der Waals surface area contributed by atoms with E-state index in [1.54, 1.807) is 0 Å². The summed E-state index contributed by atoms with van der Waals surface area (Å²) < 4.78 is 0. The maximum atomic E-state index is 4.61. The number of terminal acetylenes is 2. The van der Waals surface area contributed by atoms with Gasteiger partial charge in [-0.1, -0.05) is 23.1 Å². The van der Waals surface area contributed by atoms with Gasteiger partial charge in [-0.25, -0.2) is 0 Å². The van der Waals surface area contributed by atoms with Gasteiger partial charge in [0.1, 0.15) is 0 Å². The molecule has 0 aromatic carbocycles. The fourth-order valence-electron chi connectivity index (χ4n) is 0.0577. The molecule has 32 valence electrons. The van der Waals surface area contributed by atoms with E-state index in [1.165, 1.54) is 0 Å². The van der Waals surface area contributed by atoms with Gasteiger partial charge in [0.25, 0.3) is 0 Å². The van der Waals surface area contributed by atoms with Crippen molar-refractivity contribution >= 4 is 0 Å². The van der Waals surface area contributed by atoms with Crippen molar-refractivity contribution in [3.63, 3.8) is 0 Å². The first-order chi connectivity index (χ1) is 2.91. The summed E-state index contributed by atoms with van der Waals surface area (Å²) in [6.45, 7) is 0. The van der Waals surface area contributed by atoms with Gasteiger partial charge in [0.15, 0.2) is 0 Å². The summed E-state index contributed by atoms with van der Waals surface area (Å²) in [5.41, 5.74) is 0. The number of hydrogen-bond donors (Lipinski definition) is 0. The van der Waals surface area contributed by atoms with Crippen molar-refractivity contribution in [2.24, 2.45) is 10.2 Å². The van der Waals surface area contributed by atoms with E-state index < -0.39 is 0 Å². The first kappa shape index (κ1) is 15.7. The average molecular weight is 209 g/mol. The molecule has 0 unspecified atom stereocenters. The van der Waals surface area contributed by atoms with Crippen molar-refractivity contribution < 1.29 is 39.0 Å². The molecule has 0 saturated carbocycles. The van der Waals surface area contributed by atoms with Gasteiger partial charge in [0.05, 0.1) is 12.1 Å². The summed E-state index contributed by atoms with van der Waals surface area (Å²) in [6, 6.07) is 3.77. The number of azo groups is 1. The molecule has 0 rings (SSSR count). The van der Waals surface area contributed by atoms with Crippen molar-refractivity contribution in [3.8, 4) is 24.9 Å². The van der Waals surface area contributed by atoms with Crippen LogP contribution < -0.4 is 0 Å². The third-order valence-corrected chi connectivity index (χ3v) is 0.165. The van der Waals surface area contributed by atoms with E-state index in [1.807, 2.05) is 12.1 Å². The van der Waals surface area contributed by atoms with Gasteiger partial charge < -0.3 is 0 Å². The number of nitrogens with zero attached hydrogens (tertiary/aromatic N) is 2. The minimum absolute atomic E-state index is 0. The number of hydrogen-bond acceptors (Lipinski definition) is 2. The molecule has 0 amide bonds. The van der Waals surface area contributed by atoms with Crippen LogP contribution in [0.3, 0.4) is 0 Å². The molecular weight excluding hydrogens is 207 g/mol. The molecule has 0 bridgehead atoms. The molecule has 0 N–H and O–H groups in total. The molecule has 0 atom stereocenters. The Balaban J connectivity index is -0.000000125. The minimum atomic E-state index is 0. The molecule has 0 radical (unpaired) electrons. The molecule has 0 aromatic heterocycles. The van der Waals surface area contributed by atoms with Crippen molar-refractivity contribution in [2.45, 2.75) is 0 Å². The Labute approximate surface area is 74.0 Å². The van der Waals surface area contributed by atoms with Gasteiger partial charge in [-0.05, 0) is 0 Å². The van der Waals surface area contributed by atoms with Crippen molar-refractivity contribution in [1.29, 1.82) is 0 Å². The van der Waals surface area contributed by atoms with Gasteiger partial charge in [-0.3, -0.25) is 0 Å². The van der Waals surface area contributed by atoms with Crippen LogP contribution in [-0.4, -0.2) is 0 Å². The van der Waals surface area contributed by atoms with E-state index in [2.05, 4.69) is 23.1 Å². The van der Waals surface area contributed by atoms with Gasteiger partial charge in [0.2, 0.25) is 0 Å². The second kappa shape index (κ2) is 15.8. The van der Waals surface area contributed by atoms with Crippen LogP contribution in [0.2, 0.25) is 0 Å². The third kappa shape index (κ3) is 16.7. The second-order valence-corrected chi connectivity index (χ2v) is 0.458. The summed E-state index contributed by atoms with van der Waals surface area (Å²) in [4.78, 5) is 0. The molecular formula is C4H2N2Zn2. The maximum Gasteiger partial charge on any atom is 0.0550 e. The van der Waals surface area contributed by atoms with Crippen LogP contribution >= 0.6 is 0 Å². The smallest absolute Gasteiger partial charge is 0.0550 e. The van der Waals surface area contributed by atoms with E-state index >= 15 is 0 Å². The zero-order valence-electron chi connectivity index (χ0n) is 4.46. The van der Waals surface area contributed by atoms with Gasteiger partial charge in [0, 0.05) is 39.0 Å². The molecule has 0 fully saturated rings. The normalized spacial score (nSPS) is 5.25. The van der Waals surface area contributed by atoms with Crippen molar-refractivity contribution in [2.75, 3.05) is 0 Å². The van der Waals surface area contributed by atoms with Crippen LogP contribution in [-0.2, 0) is 39.0 Å². The Morgan fingerprint density at radius 2 is 1.12 bits per heavy atom. The zero-order chi connectivity index (χ0) is 4.83. The zero-order valence-corrected chi connectivity index (χ0v) is 10.4. The summed E-state index contributed by atoms with van der Waals surface area (Å²) in [5.74, 6) is 0. The molecule has 0 aliphatic rings. The Kier molecular flexibility index (Phi) is 30.9. The van der Waals surface area contributed by atoms with E-state index in [4.69, 9.17) is 0 Å². The number of rotatable bonds is 0. The van der Waals surface area contributed by atoms with E-state index in [0.717, 1.165) is 0 Å². The van der Waals surface area contributed by atoms with Gasteiger partial charge in [-0.2, -0.15) is 0 Å². The van der Waals surface area contributed by atoms with Gasteiger partial charge >= 0.3 is 0 Å². The monoisotopic (exact) mass is 206 g/mol. The Hall–Kier alpha value is -0.0332. The Morgan fingerprint density at radius 1 is 0.875 bits per heavy atom. The largest absolute Gasteiger partial charge is 0.0928 e. The predicted molar refractivity (Wildman–Crippen MR) is 22.5 cm³/mol. The van der Waals surface area contributed by atoms with E-state index in [0.29, 0.717) is 0 Å². The molecule has 8 heavy (non-hydrogen) atoms. The van der Waals surface area contributed by atoms with Crippen LogP contribution in [0.15, 0.2) is 10.2 Å². The van der Waals surface area contributed by atoms with E-state index in [9.17, 15) is 0 Å². The molecule has 0 aliphatic heterocycles. The summed E-state index contributed by atoms with van der Waals surface area (Å²) in [6.07, 6.45) is 9.22. The fraction of sp³-hybridized carbons (Fsp3) is 0. The molecule has 0 saturated heterocycles. The van der Waals surface area contributed by atoms with Crippen molar-refractivity contribution in [3.05, 3.63) is 0 Å². The SMILES string of the molecule is C#CN=NC#C.[Zn].[Zn]. The van der Waals surface area contributed by atoms with E-state index in [-0.39, 0.29) is 39.0 Å². The molecule has 4 heteroatoms. The predicted octanol–water partition coefficient (Wildman–Crippen LogP) is 0.615. The first-order valence-corrected chi connectivity index (χ1v) is 1.22. The van der Waals surface area contributed by atoms with Crippen LogP contribution in [0.5, 0.6) is 0 Å². The summed E-state index contributed by atoms with van der Waals surface area (Å²) >= 11 is 0. The summed E-state index contributed by atoms with van der Waals surface area (Å²) in [7, 11) is 0. The standard InChI is InChI=1S/C4H2N2.2Zn/c1-3-5-6-4-2;;/h1-2H;;. The minimum Gasteiger partial charge on any atom is -0.0928 e. The molecule has 0 heterocycles. The topological polar surface area (TPSA) is 24.7 Å². The Bertz CT molecular complexity index is 112. The van der Waals surface area contributed by atoms with Crippen molar-refractivity contribution in [1.82, 2.24) is 0 Å². The van der Waals surface area contributed by atoms with Crippen LogP contribution in [0.4, 0.5) is 0 Å². The molecule has 0 aliphatic carbocycles. The molecule has 0 spiro atoms. The van der Waals surface area contributed by atoms with Crippen LogP contribution in [0.1, 0.15) is 0 Å². The van der Waals surface area contributed by atoms with Crippen LogP contribution in [0, 0.1) is 24.9 Å². The quantitative estimate of drug-likeness (QED) is 0.317.